The summed E-state index contributed by atoms with van der Waals surface area (Å²) in [6, 6.07) is 14.0. The molecule has 1 aliphatic rings. The van der Waals surface area contributed by atoms with E-state index in [0.717, 1.165) is 0 Å². The third-order valence-corrected chi connectivity index (χ3v) is 8.08. The SMILES string of the molecule is COc1cc(C(C)=O)ccc1NC(=O)[C@@H]1N[C@@H](CC(C)(C)C)[C@](C#N)(c2ccc(C)cc2F)[C@H]1c1cccc(Cl)c1F. The standard InChI is InChI=1S/C33H34ClF2N3O3/c1-18-10-12-22(24(35)14-18)33(17-37)27(16-32(3,4)5)39-30(28(33)21-8-7-9-23(34)29(21)36)31(41)38-25-13-11-20(19(2)40)15-26(25)42-6/h7-15,27-28,30,39H,16H2,1-6H3,(H,38,41)/t27-,28-,30+,33-/m0/s1. The molecule has 42 heavy (non-hydrogen) atoms. The summed E-state index contributed by atoms with van der Waals surface area (Å²) in [7, 11) is 1.41. The molecule has 1 saturated heterocycles. The van der Waals surface area contributed by atoms with E-state index in [0.29, 0.717) is 17.5 Å². The lowest BCUT2D eigenvalue weighted by Crippen LogP contribution is -2.45. The maximum Gasteiger partial charge on any atom is 0.242 e. The second-order valence-electron chi connectivity index (χ2n) is 12.0. The zero-order valence-corrected chi connectivity index (χ0v) is 25.2. The zero-order chi connectivity index (χ0) is 31.0. The van der Waals surface area contributed by atoms with Gasteiger partial charge in [0.05, 0.1) is 29.9 Å². The van der Waals surface area contributed by atoms with Gasteiger partial charge in [0.25, 0.3) is 0 Å². The first kappa shape index (κ1) is 31.1. The molecule has 1 amide bonds. The minimum atomic E-state index is -1.69. The Labute approximate surface area is 250 Å². The number of hydrogen-bond acceptors (Lipinski definition) is 5. The average Bonchev–Trinajstić information content (AvgIpc) is 3.23. The van der Waals surface area contributed by atoms with Gasteiger partial charge in [0, 0.05) is 23.1 Å². The number of halogens is 3. The first-order chi connectivity index (χ1) is 19.7. The largest absolute Gasteiger partial charge is 0.495 e. The summed E-state index contributed by atoms with van der Waals surface area (Å²) in [5.74, 6) is -3.08. The number of methoxy groups -OCH3 is 1. The van der Waals surface area contributed by atoms with E-state index in [2.05, 4.69) is 16.7 Å². The minimum Gasteiger partial charge on any atom is -0.495 e. The van der Waals surface area contributed by atoms with E-state index in [1.165, 1.54) is 38.3 Å². The lowest BCUT2D eigenvalue weighted by Gasteiger charge is -2.37. The van der Waals surface area contributed by atoms with Gasteiger partial charge in [-0.1, -0.05) is 56.6 Å². The highest BCUT2D eigenvalue weighted by Gasteiger charge is 2.61. The van der Waals surface area contributed by atoms with Gasteiger partial charge in [-0.05, 0) is 67.1 Å². The molecule has 0 saturated carbocycles. The number of nitriles is 1. The summed E-state index contributed by atoms with van der Waals surface area (Å²) in [6.07, 6.45) is 0.368. The molecule has 6 nitrogen and oxygen atoms in total. The summed E-state index contributed by atoms with van der Waals surface area (Å²) in [4.78, 5) is 26.0. The Bertz CT molecular complexity index is 1580. The fraction of sp³-hybridized carbons (Fsp3) is 0.364. The Morgan fingerprint density at radius 2 is 1.86 bits per heavy atom. The van der Waals surface area contributed by atoms with Gasteiger partial charge in [-0.25, -0.2) is 8.78 Å². The van der Waals surface area contributed by atoms with Gasteiger partial charge in [0.15, 0.2) is 5.78 Å². The average molecular weight is 594 g/mol. The first-order valence-electron chi connectivity index (χ1n) is 13.6. The number of anilines is 1. The van der Waals surface area contributed by atoms with Crippen molar-refractivity contribution in [3.63, 3.8) is 0 Å². The molecular formula is C33H34ClF2N3O3. The summed E-state index contributed by atoms with van der Waals surface area (Å²) >= 11 is 6.21. The Balaban J connectivity index is 1.95. The molecule has 1 fully saturated rings. The maximum atomic E-state index is 15.8. The summed E-state index contributed by atoms with van der Waals surface area (Å²) in [5, 5.41) is 16.9. The number of amides is 1. The summed E-state index contributed by atoms with van der Waals surface area (Å²) < 4.78 is 37.1. The molecule has 3 aromatic carbocycles. The van der Waals surface area contributed by atoms with E-state index in [-0.39, 0.29) is 38.8 Å². The molecule has 3 aromatic rings. The van der Waals surface area contributed by atoms with E-state index in [1.807, 2.05) is 20.8 Å². The van der Waals surface area contributed by atoms with Crippen LogP contribution >= 0.6 is 11.6 Å². The Morgan fingerprint density at radius 3 is 2.45 bits per heavy atom. The van der Waals surface area contributed by atoms with Crippen LogP contribution < -0.4 is 15.4 Å². The first-order valence-corrected chi connectivity index (χ1v) is 14.0. The molecule has 0 aromatic heterocycles. The molecule has 0 spiro atoms. The number of Topliss-reactive ketones (excluding diaryl/α,β-unsaturated/α-hetero) is 1. The number of ketones is 1. The molecule has 4 rings (SSSR count). The molecule has 0 bridgehead atoms. The number of nitrogens with zero attached hydrogens (tertiary/aromatic N) is 1. The Hall–Kier alpha value is -3.80. The highest BCUT2D eigenvalue weighted by molar-refractivity contribution is 6.30. The monoisotopic (exact) mass is 593 g/mol. The smallest absolute Gasteiger partial charge is 0.242 e. The van der Waals surface area contributed by atoms with E-state index in [9.17, 15) is 14.9 Å². The van der Waals surface area contributed by atoms with Crippen LogP contribution in [0.25, 0.3) is 0 Å². The second kappa shape index (κ2) is 11.8. The Morgan fingerprint density at radius 1 is 1.14 bits per heavy atom. The molecule has 1 heterocycles. The summed E-state index contributed by atoms with van der Waals surface area (Å²) in [6.45, 7) is 9.09. The van der Waals surface area contributed by atoms with Crippen molar-refractivity contribution in [3.8, 4) is 11.8 Å². The zero-order valence-electron chi connectivity index (χ0n) is 24.4. The van der Waals surface area contributed by atoms with Crippen molar-refractivity contribution in [3.05, 3.63) is 93.5 Å². The van der Waals surface area contributed by atoms with Gasteiger partial charge in [0.1, 0.15) is 22.8 Å². The summed E-state index contributed by atoms with van der Waals surface area (Å²) in [5.41, 5.74) is -0.624. The number of nitrogens with one attached hydrogen (secondary N) is 2. The predicted molar refractivity (Wildman–Crippen MR) is 159 cm³/mol. The lowest BCUT2D eigenvalue weighted by atomic mass is 9.62. The Kier molecular flexibility index (Phi) is 8.77. The molecule has 0 unspecified atom stereocenters. The van der Waals surface area contributed by atoms with Crippen molar-refractivity contribution in [2.45, 2.75) is 64.5 Å². The number of aryl methyl sites for hydroxylation is 1. The third kappa shape index (κ3) is 5.77. The molecule has 0 radical (unpaired) electrons. The van der Waals surface area contributed by atoms with Crippen molar-refractivity contribution < 1.29 is 23.1 Å². The molecule has 220 valence electrons. The highest BCUT2D eigenvalue weighted by Crippen LogP contribution is 2.52. The fourth-order valence-electron chi connectivity index (χ4n) is 5.91. The molecule has 0 aliphatic carbocycles. The van der Waals surface area contributed by atoms with Crippen LogP contribution in [0.4, 0.5) is 14.5 Å². The molecular weight excluding hydrogens is 560 g/mol. The van der Waals surface area contributed by atoms with Crippen LogP contribution in [-0.2, 0) is 10.2 Å². The van der Waals surface area contributed by atoms with E-state index in [4.69, 9.17) is 16.3 Å². The van der Waals surface area contributed by atoms with Gasteiger partial charge in [-0.15, -0.1) is 0 Å². The van der Waals surface area contributed by atoms with Crippen LogP contribution in [0.3, 0.4) is 0 Å². The van der Waals surface area contributed by atoms with Crippen LogP contribution in [0, 0.1) is 35.3 Å². The predicted octanol–water partition coefficient (Wildman–Crippen LogP) is 7.10. The van der Waals surface area contributed by atoms with Crippen molar-refractivity contribution in [2.75, 3.05) is 12.4 Å². The van der Waals surface area contributed by atoms with Gasteiger partial charge < -0.3 is 15.4 Å². The quantitative estimate of drug-likeness (QED) is 0.285. The maximum absolute atomic E-state index is 15.8. The number of hydrogen-bond donors (Lipinski definition) is 2. The fourth-order valence-corrected chi connectivity index (χ4v) is 6.09. The van der Waals surface area contributed by atoms with Gasteiger partial charge in [0.2, 0.25) is 5.91 Å². The van der Waals surface area contributed by atoms with Crippen LogP contribution in [0.1, 0.15) is 67.1 Å². The van der Waals surface area contributed by atoms with E-state index in [1.54, 1.807) is 37.3 Å². The molecule has 2 N–H and O–H groups in total. The van der Waals surface area contributed by atoms with Crippen molar-refractivity contribution in [2.24, 2.45) is 5.41 Å². The van der Waals surface area contributed by atoms with Crippen molar-refractivity contribution in [1.82, 2.24) is 5.32 Å². The van der Waals surface area contributed by atoms with Gasteiger partial charge in [-0.2, -0.15) is 5.26 Å². The van der Waals surface area contributed by atoms with Gasteiger partial charge >= 0.3 is 0 Å². The number of rotatable bonds is 7. The normalized spacial score (nSPS) is 22.0. The van der Waals surface area contributed by atoms with Gasteiger partial charge in [-0.3, -0.25) is 9.59 Å². The van der Waals surface area contributed by atoms with Crippen molar-refractivity contribution >= 4 is 29.0 Å². The van der Waals surface area contributed by atoms with E-state index >= 15 is 8.78 Å². The van der Waals surface area contributed by atoms with Crippen LogP contribution in [-0.4, -0.2) is 30.9 Å². The molecule has 1 aliphatic heterocycles. The second-order valence-corrected chi connectivity index (χ2v) is 12.4. The lowest BCUT2D eigenvalue weighted by molar-refractivity contribution is -0.118. The number of carbonyl (C=O) groups is 2. The topological polar surface area (TPSA) is 91.2 Å². The highest BCUT2D eigenvalue weighted by atomic mass is 35.5. The molecule has 4 atom stereocenters. The third-order valence-electron chi connectivity index (χ3n) is 7.79. The minimum absolute atomic E-state index is 0.0203. The van der Waals surface area contributed by atoms with Crippen LogP contribution in [0.5, 0.6) is 5.75 Å². The molecule has 9 heteroatoms. The number of carbonyl (C=O) groups excluding carboxylic acids is 2. The van der Waals surface area contributed by atoms with Crippen LogP contribution in [0.15, 0.2) is 54.6 Å². The van der Waals surface area contributed by atoms with Crippen LogP contribution in [0.2, 0.25) is 5.02 Å². The number of ether oxygens (including phenoxy) is 1. The van der Waals surface area contributed by atoms with E-state index < -0.39 is 41.0 Å². The van der Waals surface area contributed by atoms with Crippen molar-refractivity contribution in [1.29, 1.82) is 5.26 Å². The number of benzene rings is 3.